The number of nitrogens with one attached hydrogen (secondary N) is 2. The Bertz CT molecular complexity index is 886. The zero-order valence-electron chi connectivity index (χ0n) is 14.6. The van der Waals surface area contributed by atoms with Crippen molar-refractivity contribution in [3.8, 4) is 0 Å². The Morgan fingerprint density at radius 2 is 1.78 bits per heavy atom. The van der Waals surface area contributed by atoms with Gasteiger partial charge in [-0.1, -0.05) is 53.5 Å². The van der Waals surface area contributed by atoms with Crippen LogP contribution in [-0.4, -0.2) is 28.9 Å². The minimum atomic E-state index is -1.11. The number of hydrogen-bond acceptors (Lipinski definition) is 3. The van der Waals surface area contributed by atoms with E-state index in [0.717, 1.165) is 0 Å². The number of carbonyl (C=O) groups excluding carboxylic acids is 2. The number of hydrogen-bond donors (Lipinski definition) is 3. The first-order valence-corrected chi connectivity index (χ1v) is 9.26. The molecule has 0 saturated heterocycles. The van der Waals surface area contributed by atoms with Crippen LogP contribution in [0, 0.1) is 5.92 Å². The van der Waals surface area contributed by atoms with Crippen molar-refractivity contribution >= 4 is 51.0 Å². The lowest BCUT2D eigenvalue weighted by Crippen LogP contribution is -2.47. The fourth-order valence-electron chi connectivity index (χ4n) is 2.40. The van der Waals surface area contributed by atoms with Crippen LogP contribution in [0.1, 0.15) is 34.6 Å². The van der Waals surface area contributed by atoms with Gasteiger partial charge in [0.15, 0.2) is 0 Å². The molecule has 0 fully saturated rings. The van der Waals surface area contributed by atoms with Crippen molar-refractivity contribution in [1.29, 1.82) is 0 Å². The number of amides is 2. The van der Waals surface area contributed by atoms with Gasteiger partial charge < -0.3 is 15.7 Å². The van der Waals surface area contributed by atoms with Gasteiger partial charge in [0.05, 0.1) is 16.1 Å². The summed E-state index contributed by atoms with van der Waals surface area (Å²) in [6, 6.07) is 10.1. The zero-order chi connectivity index (χ0) is 20.1. The van der Waals surface area contributed by atoms with Crippen LogP contribution in [0.3, 0.4) is 0 Å². The normalized spacial score (nSPS) is 11.7. The first-order valence-electron chi connectivity index (χ1n) is 8.09. The number of carboxylic acids is 1. The van der Waals surface area contributed by atoms with Crippen molar-refractivity contribution < 1.29 is 19.5 Å². The average molecular weight is 454 g/mol. The topological polar surface area (TPSA) is 95.5 Å². The number of aromatic carboxylic acids is 1. The van der Waals surface area contributed by atoms with Gasteiger partial charge in [-0.3, -0.25) is 9.59 Å². The SMILES string of the molecule is CC(C)C(NC(=O)c1ccccc1Cl)C(=O)Nc1cc(Br)cc(C(=O)O)c1. The van der Waals surface area contributed by atoms with E-state index >= 15 is 0 Å². The van der Waals surface area contributed by atoms with Gasteiger partial charge in [-0.2, -0.15) is 0 Å². The van der Waals surface area contributed by atoms with Crippen LogP contribution in [0.25, 0.3) is 0 Å². The second kappa shape index (κ2) is 9.01. The van der Waals surface area contributed by atoms with Crippen LogP contribution in [0.5, 0.6) is 0 Å². The fraction of sp³-hybridized carbons (Fsp3) is 0.211. The number of rotatable bonds is 6. The largest absolute Gasteiger partial charge is 0.478 e. The van der Waals surface area contributed by atoms with E-state index in [1.165, 1.54) is 12.1 Å². The molecule has 8 heteroatoms. The number of anilines is 1. The smallest absolute Gasteiger partial charge is 0.335 e. The summed E-state index contributed by atoms with van der Waals surface area (Å²) >= 11 is 9.25. The van der Waals surface area contributed by atoms with Crippen LogP contribution in [0.4, 0.5) is 5.69 Å². The summed E-state index contributed by atoms with van der Waals surface area (Å²) in [5, 5.41) is 14.8. The van der Waals surface area contributed by atoms with Crippen LogP contribution < -0.4 is 10.6 Å². The van der Waals surface area contributed by atoms with Crippen molar-refractivity contribution in [1.82, 2.24) is 5.32 Å². The highest BCUT2D eigenvalue weighted by molar-refractivity contribution is 9.10. The zero-order valence-corrected chi connectivity index (χ0v) is 17.0. The predicted octanol–water partition coefficient (Wildman–Crippen LogP) is 4.19. The molecule has 1 unspecified atom stereocenters. The Labute approximate surface area is 170 Å². The van der Waals surface area contributed by atoms with E-state index in [1.54, 1.807) is 44.2 Å². The summed E-state index contributed by atoms with van der Waals surface area (Å²) in [5.41, 5.74) is 0.610. The standard InChI is InChI=1S/C19H18BrClN2O4/c1-10(2)16(23-17(24)14-5-3-4-6-15(14)21)18(25)22-13-8-11(19(26)27)7-12(20)9-13/h3-10,16H,1-2H3,(H,22,25)(H,23,24)(H,26,27). The lowest BCUT2D eigenvalue weighted by atomic mass is 10.0. The predicted molar refractivity (Wildman–Crippen MR) is 107 cm³/mol. The van der Waals surface area contributed by atoms with Crippen molar-refractivity contribution in [3.63, 3.8) is 0 Å². The minimum Gasteiger partial charge on any atom is -0.478 e. The molecular formula is C19H18BrClN2O4. The van der Waals surface area contributed by atoms with E-state index in [4.69, 9.17) is 16.7 Å². The molecule has 2 aromatic rings. The molecule has 6 nitrogen and oxygen atoms in total. The number of carboxylic acid groups (broad SMARTS) is 1. The lowest BCUT2D eigenvalue weighted by Gasteiger charge is -2.22. The molecular weight excluding hydrogens is 436 g/mol. The van der Waals surface area contributed by atoms with Crippen LogP contribution in [0.15, 0.2) is 46.9 Å². The highest BCUT2D eigenvalue weighted by Gasteiger charge is 2.25. The van der Waals surface area contributed by atoms with E-state index in [9.17, 15) is 14.4 Å². The molecule has 0 bridgehead atoms. The summed E-state index contributed by atoms with van der Waals surface area (Å²) in [4.78, 5) is 36.3. The van der Waals surface area contributed by atoms with Gasteiger partial charge in [-0.05, 0) is 36.2 Å². The van der Waals surface area contributed by atoms with Crippen LogP contribution in [0.2, 0.25) is 5.02 Å². The summed E-state index contributed by atoms with van der Waals surface area (Å²) in [6.07, 6.45) is 0. The van der Waals surface area contributed by atoms with Crippen molar-refractivity contribution in [2.75, 3.05) is 5.32 Å². The Morgan fingerprint density at radius 3 is 2.37 bits per heavy atom. The van der Waals surface area contributed by atoms with Crippen LogP contribution in [-0.2, 0) is 4.79 Å². The van der Waals surface area contributed by atoms with E-state index in [2.05, 4.69) is 26.6 Å². The van der Waals surface area contributed by atoms with Gasteiger partial charge in [0.1, 0.15) is 6.04 Å². The molecule has 0 aliphatic carbocycles. The molecule has 142 valence electrons. The Kier molecular flexibility index (Phi) is 6.98. The number of benzene rings is 2. The van der Waals surface area contributed by atoms with E-state index in [1.807, 2.05) is 0 Å². The highest BCUT2D eigenvalue weighted by Crippen LogP contribution is 2.21. The van der Waals surface area contributed by atoms with Gasteiger partial charge in [-0.15, -0.1) is 0 Å². The first kappa shape index (κ1) is 20.9. The van der Waals surface area contributed by atoms with Gasteiger partial charge in [-0.25, -0.2) is 4.79 Å². The molecule has 2 aromatic carbocycles. The summed E-state index contributed by atoms with van der Waals surface area (Å²) in [5.74, 6) is -2.24. The molecule has 3 N–H and O–H groups in total. The second-order valence-corrected chi connectivity index (χ2v) is 7.52. The Balaban J connectivity index is 2.19. The molecule has 0 spiro atoms. The monoisotopic (exact) mass is 452 g/mol. The van der Waals surface area contributed by atoms with Gasteiger partial charge in [0, 0.05) is 10.2 Å². The number of halogens is 2. The molecule has 2 amide bonds. The number of carbonyl (C=O) groups is 3. The molecule has 0 heterocycles. The third kappa shape index (κ3) is 5.55. The molecule has 0 aromatic heterocycles. The maximum Gasteiger partial charge on any atom is 0.335 e. The van der Waals surface area contributed by atoms with E-state index in [0.29, 0.717) is 10.2 Å². The molecule has 0 radical (unpaired) electrons. The lowest BCUT2D eigenvalue weighted by molar-refractivity contribution is -0.118. The van der Waals surface area contributed by atoms with Gasteiger partial charge >= 0.3 is 5.97 Å². The molecule has 1 atom stereocenters. The van der Waals surface area contributed by atoms with E-state index in [-0.39, 0.29) is 22.1 Å². The van der Waals surface area contributed by atoms with Gasteiger partial charge in [0.25, 0.3) is 5.91 Å². The van der Waals surface area contributed by atoms with Crippen molar-refractivity contribution in [3.05, 3.63) is 63.1 Å². The van der Waals surface area contributed by atoms with Crippen LogP contribution >= 0.6 is 27.5 Å². The minimum absolute atomic E-state index is 0.0286. The first-order chi connectivity index (χ1) is 12.7. The molecule has 0 aliphatic heterocycles. The summed E-state index contributed by atoms with van der Waals surface area (Å²) < 4.78 is 0.513. The quantitative estimate of drug-likeness (QED) is 0.611. The second-order valence-electron chi connectivity index (χ2n) is 6.20. The molecule has 0 saturated carbocycles. The third-order valence-electron chi connectivity index (χ3n) is 3.77. The van der Waals surface area contributed by atoms with E-state index < -0.39 is 23.8 Å². The highest BCUT2D eigenvalue weighted by atomic mass is 79.9. The maximum atomic E-state index is 12.7. The molecule has 2 rings (SSSR count). The average Bonchev–Trinajstić information content (AvgIpc) is 2.58. The maximum absolute atomic E-state index is 12.7. The Morgan fingerprint density at radius 1 is 1.11 bits per heavy atom. The summed E-state index contributed by atoms with van der Waals surface area (Å²) in [6.45, 7) is 3.58. The Hall–Kier alpha value is -2.38. The molecule has 27 heavy (non-hydrogen) atoms. The van der Waals surface area contributed by atoms with Crippen molar-refractivity contribution in [2.45, 2.75) is 19.9 Å². The fourth-order valence-corrected chi connectivity index (χ4v) is 3.12. The van der Waals surface area contributed by atoms with Crippen molar-refractivity contribution in [2.24, 2.45) is 5.92 Å². The molecule has 0 aliphatic rings. The summed E-state index contributed by atoms with van der Waals surface area (Å²) in [7, 11) is 0. The van der Waals surface area contributed by atoms with Gasteiger partial charge in [0.2, 0.25) is 5.91 Å². The third-order valence-corrected chi connectivity index (χ3v) is 4.55.